The Morgan fingerprint density at radius 1 is 0.685 bits per heavy atom. The van der Waals surface area contributed by atoms with Crippen molar-refractivity contribution >= 4 is 11.0 Å². The maximum absolute atomic E-state index is 14.2. The zero-order valence-corrected chi connectivity index (χ0v) is 28.8. The number of phenols is 3. The summed E-state index contributed by atoms with van der Waals surface area (Å²) in [6.45, 7) is 2.09. The smallest absolute Gasteiger partial charge is 0.239 e. The molecule has 11 N–H and O–H groups in total. The molecule has 6 rings (SSSR count). The normalized spacial score (nSPS) is 37.3. The first-order chi connectivity index (χ1) is 25.5. The molecule has 20 heteroatoms. The van der Waals surface area contributed by atoms with Gasteiger partial charge in [-0.05, 0) is 38.1 Å². The van der Waals surface area contributed by atoms with E-state index >= 15 is 0 Å². The topological polar surface area (TPSA) is 317 Å². The van der Waals surface area contributed by atoms with Crippen LogP contribution in [0.3, 0.4) is 0 Å². The van der Waals surface area contributed by atoms with E-state index in [4.69, 9.17) is 37.6 Å². The number of aromatic hydroxyl groups is 3. The highest BCUT2D eigenvalue weighted by Crippen LogP contribution is 2.44. The predicted molar refractivity (Wildman–Crippen MR) is 176 cm³/mol. The molecule has 0 amide bonds. The molecule has 0 saturated carbocycles. The molecule has 3 aliphatic rings. The van der Waals surface area contributed by atoms with Gasteiger partial charge in [-0.3, -0.25) is 4.79 Å². The lowest BCUT2D eigenvalue weighted by Gasteiger charge is -2.46. The van der Waals surface area contributed by atoms with E-state index in [1.807, 2.05) is 0 Å². The predicted octanol–water partition coefficient (Wildman–Crippen LogP) is -2.53. The molecule has 54 heavy (non-hydrogen) atoms. The fourth-order valence-corrected chi connectivity index (χ4v) is 6.42. The summed E-state index contributed by atoms with van der Waals surface area (Å²) < 4.78 is 45.4. The number of fused-ring (bicyclic) bond motifs is 1. The summed E-state index contributed by atoms with van der Waals surface area (Å²) in [6.07, 6.45) is -24.9. The van der Waals surface area contributed by atoms with Crippen LogP contribution < -0.4 is 14.9 Å². The second kappa shape index (κ2) is 15.7. The van der Waals surface area contributed by atoms with E-state index in [9.17, 15) is 61.0 Å². The van der Waals surface area contributed by atoms with E-state index in [-0.39, 0.29) is 22.7 Å². The van der Waals surface area contributed by atoms with Crippen LogP contribution in [0.5, 0.6) is 28.7 Å². The molecule has 3 saturated heterocycles. The van der Waals surface area contributed by atoms with Crippen molar-refractivity contribution in [3.63, 3.8) is 0 Å². The van der Waals surface area contributed by atoms with Crippen molar-refractivity contribution in [1.29, 1.82) is 0 Å². The van der Waals surface area contributed by atoms with Crippen molar-refractivity contribution in [2.75, 3.05) is 13.7 Å². The van der Waals surface area contributed by atoms with Crippen molar-refractivity contribution in [2.45, 2.75) is 106 Å². The van der Waals surface area contributed by atoms with Gasteiger partial charge < -0.3 is 93.7 Å². The first-order valence-corrected chi connectivity index (χ1v) is 16.8. The number of phenolic OH excluding ortho intramolecular Hbond substituents is 3. The Morgan fingerprint density at radius 3 is 1.89 bits per heavy atom. The van der Waals surface area contributed by atoms with E-state index in [1.54, 1.807) is 0 Å². The van der Waals surface area contributed by atoms with E-state index in [1.165, 1.54) is 38.1 Å². The summed E-state index contributed by atoms with van der Waals surface area (Å²) >= 11 is 0. The van der Waals surface area contributed by atoms with Crippen molar-refractivity contribution < 1.29 is 93.7 Å². The SMILES string of the molecule is COc1c(O)cc2oc(-c3ccc(O)cc3)c(O[C@@H]3O[C@H](CO[C@@H]4O[C@@H](C)[C@H](O)[C@@H](O)[C@H]4O)[C@@H](O)[C@H](O)[C@H]3O[C@@H]3O[C@@H](C)[C@H](O)[C@@H](O)[C@H]3O)c(=O)c2c1O. The minimum absolute atomic E-state index is 0.112. The lowest BCUT2D eigenvalue weighted by molar-refractivity contribution is -0.360. The molecule has 15 atom stereocenters. The molecule has 1 aromatic heterocycles. The Kier molecular flexibility index (Phi) is 11.6. The molecule has 298 valence electrons. The minimum Gasteiger partial charge on any atom is -0.508 e. The molecule has 0 aliphatic carbocycles. The fourth-order valence-electron chi connectivity index (χ4n) is 6.42. The Labute approximate surface area is 305 Å². The largest absolute Gasteiger partial charge is 0.508 e. The number of rotatable bonds is 9. The summed E-state index contributed by atoms with van der Waals surface area (Å²) in [5.41, 5.74) is -1.30. The van der Waals surface area contributed by atoms with Crippen LogP contribution in [-0.2, 0) is 23.7 Å². The number of ether oxygens (including phenoxy) is 7. The van der Waals surface area contributed by atoms with Crippen LogP contribution in [0.25, 0.3) is 22.3 Å². The third-order valence-corrected chi connectivity index (χ3v) is 9.60. The van der Waals surface area contributed by atoms with E-state index in [0.29, 0.717) is 0 Å². The van der Waals surface area contributed by atoms with Crippen LogP contribution in [0.2, 0.25) is 0 Å². The maximum Gasteiger partial charge on any atom is 0.239 e. The van der Waals surface area contributed by atoms with Gasteiger partial charge in [-0.15, -0.1) is 0 Å². The molecular weight excluding hydrogens is 728 g/mol. The third-order valence-electron chi connectivity index (χ3n) is 9.60. The highest BCUT2D eigenvalue weighted by atomic mass is 16.8. The number of hydrogen-bond donors (Lipinski definition) is 11. The van der Waals surface area contributed by atoms with Gasteiger partial charge in [-0.25, -0.2) is 0 Å². The van der Waals surface area contributed by atoms with E-state index in [2.05, 4.69) is 0 Å². The van der Waals surface area contributed by atoms with Crippen LogP contribution in [0.1, 0.15) is 13.8 Å². The van der Waals surface area contributed by atoms with E-state index < -0.39 is 133 Å². The number of hydrogen-bond acceptors (Lipinski definition) is 20. The number of aliphatic hydroxyl groups excluding tert-OH is 8. The fraction of sp³-hybridized carbons (Fsp3) is 0.559. The molecule has 3 aromatic rings. The zero-order valence-electron chi connectivity index (χ0n) is 28.8. The first kappa shape index (κ1) is 39.8. The molecule has 3 aliphatic heterocycles. The molecule has 2 aromatic carbocycles. The van der Waals surface area contributed by atoms with E-state index in [0.717, 1.165) is 13.2 Å². The average Bonchev–Trinajstić information content (AvgIpc) is 3.14. The van der Waals surface area contributed by atoms with Gasteiger partial charge in [-0.2, -0.15) is 0 Å². The van der Waals surface area contributed by atoms with Crippen molar-refractivity contribution in [1.82, 2.24) is 0 Å². The summed E-state index contributed by atoms with van der Waals surface area (Å²) in [6, 6.07) is 6.18. The molecule has 4 heterocycles. The standard InChI is InChI=1S/C34H42O20/c1-10-18(37)23(42)26(45)32(49-10)48-9-16-20(39)25(44)31(54-33-27(46)24(43)19(38)11(2)50-33)34(52-16)53-30-22(41)17-15(8-14(36)29(47-3)21(17)40)51-28(30)12-4-6-13(35)7-5-12/h4-8,10-11,16,18-20,23-27,31-40,42-46H,9H2,1-3H3/t10-,11-,16+,18-,19-,20+,23+,24+,25-,26+,27+,31+,32+,33-,34-/m0/s1. The van der Waals surface area contributed by atoms with Crippen molar-refractivity contribution in [2.24, 2.45) is 0 Å². The lowest BCUT2D eigenvalue weighted by atomic mass is 9.97. The van der Waals surface area contributed by atoms with Crippen molar-refractivity contribution in [3.8, 4) is 40.1 Å². The summed E-state index contributed by atoms with van der Waals surface area (Å²) in [7, 11) is 1.12. The third kappa shape index (κ3) is 7.29. The quantitative estimate of drug-likeness (QED) is 0.107. The van der Waals surface area contributed by atoms with Gasteiger partial charge in [0.25, 0.3) is 0 Å². The Bertz CT molecular complexity index is 1830. The van der Waals surface area contributed by atoms with Gasteiger partial charge in [0, 0.05) is 11.6 Å². The molecule has 3 fully saturated rings. The average molecular weight is 771 g/mol. The van der Waals surface area contributed by atoms with Gasteiger partial charge in [0.15, 0.2) is 35.9 Å². The van der Waals surface area contributed by atoms with Crippen LogP contribution in [0, 0.1) is 0 Å². The lowest BCUT2D eigenvalue weighted by Crippen LogP contribution is -2.65. The van der Waals surface area contributed by atoms with Gasteiger partial charge >= 0.3 is 0 Å². The number of methoxy groups -OCH3 is 1. The molecular formula is C34H42O20. The zero-order chi connectivity index (χ0) is 39.3. The van der Waals surface area contributed by atoms with Crippen LogP contribution in [0.15, 0.2) is 39.5 Å². The molecule has 0 radical (unpaired) electrons. The second-order valence-electron chi connectivity index (χ2n) is 13.2. The van der Waals surface area contributed by atoms with Crippen LogP contribution in [0.4, 0.5) is 0 Å². The highest BCUT2D eigenvalue weighted by Gasteiger charge is 2.52. The Morgan fingerprint density at radius 2 is 1.28 bits per heavy atom. The summed E-state index contributed by atoms with van der Waals surface area (Å²) in [4.78, 5) is 14.2. The minimum atomic E-state index is -2.02. The van der Waals surface area contributed by atoms with Crippen molar-refractivity contribution in [3.05, 3.63) is 40.6 Å². The Balaban J connectivity index is 1.41. The summed E-state index contributed by atoms with van der Waals surface area (Å²) in [5, 5.41) is 115. The summed E-state index contributed by atoms with van der Waals surface area (Å²) in [5.74, 6) is -3.13. The second-order valence-corrected chi connectivity index (χ2v) is 13.2. The van der Waals surface area contributed by atoms with Gasteiger partial charge in [-0.1, -0.05) is 0 Å². The van der Waals surface area contributed by atoms with Crippen LogP contribution >= 0.6 is 0 Å². The van der Waals surface area contributed by atoms with Crippen LogP contribution in [-0.4, -0.2) is 162 Å². The monoisotopic (exact) mass is 770 g/mol. The molecule has 0 bridgehead atoms. The van der Waals surface area contributed by atoms with Gasteiger partial charge in [0.1, 0.15) is 71.7 Å². The highest BCUT2D eigenvalue weighted by molar-refractivity contribution is 5.91. The van der Waals surface area contributed by atoms with Gasteiger partial charge in [0.2, 0.25) is 23.2 Å². The molecule has 0 unspecified atom stereocenters. The number of benzene rings is 2. The van der Waals surface area contributed by atoms with Gasteiger partial charge in [0.05, 0.1) is 25.9 Å². The maximum atomic E-state index is 14.2. The number of aliphatic hydroxyl groups is 8. The molecule has 20 nitrogen and oxygen atoms in total. The molecule has 0 spiro atoms. The Hall–Kier alpha value is -3.87. The first-order valence-electron chi connectivity index (χ1n) is 16.8.